The molecule has 0 radical (unpaired) electrons. The molecule has 0 saturated carbocycles. The van der Waals surface area contributed by atoms with Crippen LogP contribution in [0, 0.1) is 20.8 Å². The molecule has 0 fully saturated rings. The van der Waals surface area contributed by atoms with Crippen LogP contribution in [0.4, 0.5) is 16.2 Å². The second kappa shape index (κ2) is 10.1. The lowest BCUT2D eigenvalue weighted by molar-refractivity contribution is 0.194. The highest BCUT2D eigenvalue weighted by molar-refractivity contribution is 5.90. The van der Waals surface area contributed by atoms with E-state index < -0.39 is 0 Å². The number of hydrogen-bond acceptors (Lipinski definition) is 3. The lowest BCUT2D eigenvalue weighted by Gasteiger charge is -2.31. The molecule has 7 heteroatoms. The minimum Gasteiger partial charge on any atom is -0.378 e. The minimum atomic E-state index is -0.311. The largest absolute Gasteiger partial charge is 0.378 e. The van der Waals surface area contributed by atoms with Gasteiger partial charge in [0.25, 0.3) is 0 Å². The number of nitrogens with one attached hydrogen (secondary N) is 1. The van der Waals surface area contributed by atoms with Crippen molar-refractivity contribution in [3.8, 4) is 11.5 Å². The third-order valence-corrected chi connectivity index (χ3v) is 7.83. The molecule has 5 aromatic rings. The Hall–Kier alpha value is -4.78. The number of aromatic nitrogens is 3. The van der Waals surface area contributed by atoms with E-state index in [2.05, 4.69) is 77.3 Å². The Morgan fingerprint density at radius 2 is 1.65 bits per heavy atom. The number of aryl methyl sites for hydroxylation is 3. The smallest absolute Gasteiger partial charge is 0.322 e. The van der Waals surface area contributed by atoms with Crippen molar-refractivity contribution < 1.29 is 4.79 Å². The molecule has 3 heterocycles. The van der Waals surface area contributed by atoms with Gasteiger partial charge >= 0.3 is 6.03 Å². The average Bonchev–Trinajstić information content (AvgIpc) is 3.51. The fourth-order valence-electron chi connectivity index (χ4n) is 5.47. The number of carbonyl (C=O) groups excluding carboxylic acids is 1. The number of nitrogens with zero attached hydrogens (tertiary/aromatic N) is 5. The van der Waals surface area contributed by atoms with Crippen LogP contribution in [0.2, 0.25) is 0 Å². The summed E-state index contributed by atoms with van der Waals surface area (Å²) in [5, 5.41) is 8.13. The molecule has 1 aliphatic rings. The maximum atomic E-state index is 14.2. The van der Waals surface area contributed by atoms with Crippen LogP contribution < -0.4 is 10.2 Å². The Morgan fingerprint density at radius 1 is 0.900 bits per heavy atom. The van der Waals surface area contributed by atoms with E-state index in [9.17, 15) is 4.79 Å². The molecule has 7 nitrogen and oxygen atoms in total. The zero-order valence-electron chi connectivity index (χ0n) is 23.6. The summed E-state index contributed by atoms with van der Waals surface area (Å²) in [5.74, 6) is 0.958. The Labute approximate surface area is 235 Å². The van der Waals surface area contributed by atoms with Crippen molar-refractivity contribution in [2.24, 2.45) is 0 Å². The Balaban J connectivity index is 1.51. The van der Waals surface area contributed by atoms with Gasteiger partial charge in [-0.1, -0.05) is 36.4 Å². The first-order chi connectivity index (χ1) is 19.3. The lowest BCUT2D eigenvalue weighted by Crippen LogP contribution is -2.38. The molecular weight excluding hydrogens is 496 g/mol. The molecule has 1 aliphatic heterocycles. The molecule has 0 aliphatic carbocycles. The number of hydrogen-bond donors (Lipinski definition) is 1. The van der Waals surface area contributed by atoms with Gasteiger partial charge in [-0.15, -0.1) is 0 Å². The van der Waals surface area contributed by atoms with Crippen LogP contribution in [0.25, 0.3) is 11.5 Å². The number of para-hydroxylation sites is 1. The van der Waals surface area contributed by atoms with Gasteiger partial charge in [0, 0.05) is 37.2 Å². The molecule has 2 aromatic heterocycles. The number of anilines is 2. The molecule has 40 heavy (non-hydrogen) atoms. The van der Waals surface area contributed by atoms with E-state index >= 15 is 0 Å². The summed E-state index contributed by atoms with van der Waals surface area (Å²) in [7, 11) is 4.06. The van der Waals surface area contributed by atoms with E-state index in [-0.39, 0.29) is 12.1 Å². The number of urea groups is 1. The van der Waals surface area contributed by atoms with Gasteiger partial charge in [0.15, 0.2) is 0 Å². The van der Waals surface area contributed by atoms with Crippen LogP contribution >= 0.6 is 0 Å². The van der Waals surface area contributed by atoms with Gasteiger partial charge in [-0.3, -0.25) is 0 Å². The Morgan fingerprint density at radius 3 is 2.35 bits per heavy atom. The summed E-state index contributed by atoms with van der Waals surface area (Å²) in [4.78, 5) is 18.2. The molecule has 0 saturated heterocycles. The first-order valence-corrected chi connectivity index (χ1v) is 13.6. The molecule has 3 aromatic carbocycles. The highest BCUT2D eigenvalue weighted by Crippen LogP contribution is 2.39. The molecule has 0 spiro atoms. The highest BCUT2D eigenvalue weighted by Gasteiger charge is 2.36. The van der Waals surface area contributed by atoms with Crippen molar-refractivity contribution in [1.82, 2.24) is 19.2 Å². The van der Waals surface area contributed by atoms with Crippen molar-refractivity contribution in [2.45, 2.75) is 33.4 Å². The molecular formula is C33H34N6O. The van der Waals surface area contributed by atoms with Gasteiger partial charge in [0.2, 0.25) is 0 Å². The monoisotopic (exact) mass is 530 g/mol. The van der Waals surface area contributed by atoms with Crippen LogP contribution in [0.1, 0.15) is 39.7 Å². The minimum absolute atomic E-state index is 0.155. The SMILES string of the molecule is Cc1ccc(NC(=O)N2Cc3c(C)nn(-c4ccccc4)c3-n3cccc3C2c2ccc(N(C)C)cc2)cc1C. The second-order valence-electron chi connectivity index (χ2n) is 10.7. The van der Waals surface area contributed by atoms with Crippen LogP contribution in [0.15, 0.2) is 91.1 Å². The predicted molar refractivity (Wildman–Crippen MR) is 161 cm³/mol. The molecule has 1 atom stereocenters. The van der Waals surface area contributed by atoms with E-state index in [1.807, 2.05) is 73.1 Å². The number of benzene rings is 3. The number of amides is 2. The first-order valence-electron chi connectivity index (χ1n) is 13.6. The maximum absolute atomic E-state index is 14.2. The second-order valence-corrected chi connectivity index (χ2v) is 10.7. The van der Waals surface area contributed by atoms with E-state index in [0.29, 0.717) is 6.54 Å². The summed E-state index contributed by atoms with van der Waals surface area (Å²) in [6.45, 7) is 6.57. The van der Waals surface area contributed by atoms with Crippen LogP contribution in [-0.4, -0.2) is 39.4 Å². The predicted octanol–water partition coefficient (Wildman–Crippen LogP) is 6.79. The van der Waals surface area contributed by atoms with E-state index in [4.69, 9.17) is 5.10 Å². The number of fused-ring (bicyclic) bond motifs is 3. The maximum Gasteiger partial charge on any atom is 0.322 e. The van der Waals surface area contributed by atoms with Gasteiger partial charge in [-0.25, -0.2) is 9.48 Å². The zero-order chi connectivity index (χ0) is 28.0. The molecule has 0 bridgehead atoms. The lowest BCUT2D eigenvalue weighted by atomic mass is 10.0. The van der Waals surface area contributed by atoms with E-state index in [1.54, 1.807) is 0 Å². The van der Waals surface area contributed by atoms with E-state index in [1.165, 1.54) is 5.56 Å². The average molecular weight is 531 g/mol. The van der Waals surface area contributed by atoms with E-state index in [0.717, 1.165) is 51.0 Å². The zero-order valence-corrected chi connectivity index (χ0v) is 23.6. The third kappa shape index (κ3) is 4.43. The van der Waals surface area contributed by atoms with Crippen LogP contribution in [0.5, 0.6) is 0 Å². The number of carbonyl (C=O) groups is 1. The first kappa shape index (κ1) is 25.5. The van der Waals surface area contributed by atoms with Gasteiger partial charge < -0.3 is 19.7 Å². The van der Waals surface area contributed by atoms with Crippen molar-refractivity contribution in [3.63, 3.8) is 0 Å². The molecule has 6 rings (SSSR count). The van der Waals surface area contributed by atoms with Crippen molar-refractivity contribution >= 4 is 17.4 Å². The summed E-state index contributed by atoms with van der Waals surface area (Å²) < 4.78 is 4.18. The fraction of sp³-hybridized carbons (Fsp3) is 0.212. The van der Waals surface area contributed by atoms with Crippen LogP contribution in [0.3, 0.4) is 0 Å². The van der Waals surface area contributed by atoms with Crippen molar-refractivity contribution in [1.29, 1.82) is 0 Å². The van der Waals surface area contributed by atoms with Crippen molar-refractivity contribution in [2.75, 3.05) is 24.3 Å². The quantitative estimate of drug-likeness (QED) is 0.278. The van der Waals surface area contributed by atoms with Crippen LogP contribution in [-0.2, 0) is 6.54 Å². The Bertz CT molecular complexity index is 1680. The fourth-order valence-corrected chi connectivity index (χ4v) is 5.47. The van der Waals surface area contributed by atoms with Gasteiger partial charge in [-0.05, 0) is 86.0 Å². The molecule has 1 unspecified atom stereocenters. The van der Waals surface area contributed by atoms with Crippen molar-refractivity contribution in [3.05, 3.63) is 125 Å². The van der Waals surface area contributed by atoms with Gasteiger partial charge in [-0.2, -0.15) is 5.10 Å². The molecule has 202 valence electrons. The summed E-state index contributed by atoms with van der Waals surface area (Å²) in [5.41, 5.74) is 9.16. The molecule has 2 amide bonds. The normalized spacial score (nSPS) is 14.3. The third-order valence-electron chi connectivity index (χ3n) is 7.83. The summed E-state index contributed by atoms with van der Waals surface area (Å²) in [6, 6.07) is 28.3. The summed E-state index contributed by atoms with van der Waals surface area (Å²) in [6.07, 6.45) is 2.07. The molecule has 1 N–H and O–H groups in total. The number of rotatable bonds is 4. The standard InChI is InChI=1S/C33H34N6O/c1-22-13-16-26(20-23(22)2)34-33(40)38-21-29-24(3)35-39(28-10-7-6-8-11-28)32(29)37-19-9-12-30(37)31(38)25-14-17-27(18-15-25)36(4)5/h6-20,31H,21H2,1-5H3,(H,34,40). The topological polar surface area (TPSA) is 58.3 Å². The summed E-state index contributed by atoms with van der Waals surface area (Å²) >= 11 is 0. The van der Waals surface area contributed by atoms with Gasteiger partial charge in [0.05, 0.1) is 29.7 Å². The highest BCUT2D eigenvalue weighted by atomic mass is 16.2. The van der Waals surface area contributed by atoms with Gasteiger partial charge in [0.1, 0.15) is 5.82 Å². The Kier molecular flexibility index (Phi) is 6.42.